The Morgan fingerprint density at radius 1 is 1.10 bits per heavy atom. The summed E-state index contributed by atoms with van der Waals surface area (Å²) in [4.78, 5) is 23.2. The lowest BCUT2D eigenvalue weighted by molar-refractivity contribution is 0.0305. The van der Waals surface area contributed by atoms with Crippen LogP contribution in [0.1, 0.15) is 40.1 Å². The van der Waals surface area contributed by atoms with Crippen LogP contribution in [0, 0.1) is 0 Å². The van der Waals surface area contributed by atoms with Gasteiger partial charge in [-0.25, -0.2) is 0 Å². The highest BCUT2D eigenvalue weighted by atomic mass is 32.1. The second-order valence-electron chi connectivity index (χ2n) is 8.50. The number of ether oxygens (including phenoxy) is 1. The van der Waals surface area contributed by atoms with Crippen molar-refractivity contribution in [2.45, 2.75) is 38.3 Å². The van der Waals surface area contributed by atoms with Crippen molar-refractivity contribution in [2.75, 3.05) is 32.8 Å². The van der Waals surface area contributed by atoms with Crippen molar-refractivity contribution >= 4 is 27.3 Å². The van der Waals surface area contributed by atoms with Crippen LogP contribution in [0.2, 0.25) is 0 Å². The Hall–Kier alpha value is -2.28. The van der Waals surface area contributed by atoms with Crippen LogP contribution in [0.4, 0.5) is 0 Å². The van der Waals surface area contributed by atoms with E-state index < -0.39 is 0 Å². The monoisotopic (exact) mass is 435 g/mol. The molecule has 2 aromatic heterocycles. The van der Waals surface area contributed by atoms with Gasteiger partial charge in [-0.15, -0.1) is 11.3 Å². The predicted molar refractivity (Wildman–Crippen MR) is 125 cm³/mol. The van der Waals surface area contributed by atoms with E-state index in [9.17, 15) is 4.79 Å². The average Bonchev–Trinajstić information content (AvgIpc) is 3.19. The SMILES string of the molecule is O=C(c1sc2ccccc2c1CC1CCCCN1Cc1cccnc1)N1CCOCC1. The standard InChI is InChI=1S/C25H29N3O2S/c29-25(27-12-14-30-15-13-27)24-22(21-8-1-2-9-23(21)31-24)16-20-7-3-4-11-28(20)18-19-6-5-10-26-17-19/h1-2,5-6,8-10,17,20H,3-4,7,11-16,18H2. The maximum Gasteiger partial charge on any atom is 0.264 e. The molecular weight excluding hydrogens is 406 g/mol. The number of fused-ring (bicyclic) bond motifs is 1. The Kier molecular flexibility index (Phi) is 6.30. The summed E-state index contributed by atoms with van der Waals surface area (Å²) in [5, 5.41) is 1.25. The molecule has 2 aliphatic rings. The van der Waals surface area contributed by atoms with Crippen LogP contribution in [0.3, 0.4) is 0 Å². The van der Waals surface area contributed by atoms with Gasteiger partial charge in [-0.1, -0.05) is 30.7 Å². The minimum absolute atomic E-state index is 0.175. The summed E-state index contributed by atoms with van der Waals surface area (Å²) in [6, 6.07) is 13.1. The quantitative estimate of drug-likeness (QED) is 0.597. The van der Waals surface area contributed by atoms with E-state index in [0.717, 1.165) is 24.4 Å². The molecule has 5 rings (SSSR count). The Balaban J connectivity index is 1.44. The fourth-order valence-electron chi connectivity index (χ4n) is 4.85. The summed E-state index contributed by atoms with van der Waals surface area (Å²) in [5.74, 6) is 0.175. The topological polar surface area (TPSA) is 45.7 Å². The second-order valence-corrected chi connectivity index (χ2v) is 9.55. The number of amides is 1. The molecule has 2 saturated heterocycles. The zero-order valence-electron chi connectivity index (χ0n) is 17.8. The number of hydrogen-bond acceptors (Lipinski definition) is 5. The van der Waals surface area contributed by atoms with E-state index in [1.807, 2.05) is 23.4 Å². The largest absolute Gasteiger partial charge is 0.378 e. The van der Waals surface area contributed by atoms with Crippen molar-refractivity contribution < 1.29 is 9.53 Å². The van der Waals surface area contributed by atoms with Gasteiger partial charge in [0.1, 0.15) is 0 Å². The molecule has 2 aliphatic heterocycles. The number of aromatic nitrogens is 1. The van der Waals surface area contributed by atoms with Crippen LogP contribution in [-0.4, -0.2) is 59.6 Å². The Bertz CT molecular complexity index is 1030. The minimum atomic E-state index is 0.175. The van der Waals surface area contributed by atoms with Crippen LogP contribution in [0.15, 0.2) is 48.8 Å². The van der Waals surface area contributed by atoms with E-state index in [1.165, 1.54) is 40.5 Å². The van der Waals surface area contributed by atoms with Crippen LogP contribution in [0.5, 0.6) is 0 Å². The van der Waals surface area contributed by atoms with Gasteiger partial charge in [-0.2, -0.15) is 0 Å². The van der Waals surface area contributed by atoms with Crippen LogP contribution in [0.25, 0.3) is 10.1 Å². The smallest absolute Gasteiger partial charge is 0.264 e. The maximum atomic E-state index is 13.5. The van der Waals surface area contributed by atoms with Gasteiger partial charge >= 0.3 is 0 Å². The van der Waals surface area contributed by atoms with Gasteiger partial charge in [0, 0.05) is 42.8 Å². The number of thiophene rings is 1. The molecule has 0 radical (unpaired) electrons. The molecule has 4 heterocycles. The van der Waals surface area contributed by atoms with Gasteiger partial charge in [0.05, 0.1) is 18.1 Å². The molecule has 1 aromatic carbocycles. The first-order valence-electron chi connectivity index (χ1n) is 11.3. The van der Waals surface area contributed by atoms with Crippen molar-refractivity contribution in [1.82, 2.24) is 14.8 Å². The molecule has 0 aliphatic carbocycles. The Labute approximate surface area is 187 Å². The summed E-state index contributed by atoms with van der Waals surface area (Å²) in [6.45, 7) is 4.66. The van der Waals surface area contributed by atoms with E-state index in [-0.39, 0.29) is 5.91 Å². The van der Waals surface area contributed by atoms with Crippen molar-refractivity contribution in [3.8, 4) is 0 Å². The number of nitrogens with zero attached hydrogens (tertiary/aromatic N) is 3. The number of hydrogen-bond donors (Lipinski definition) is 0. The van der Waals surface area contributed by atoms with E-state index in [4.69, 9.17) is 4.74 Å². The van der Waals surface area contributed by atoms with Crippen LogP contribution >= 0.6 is 11.3 Å². The van der Waals surface area contributed by atoms with Crippen molar-refractivity contribution in [3.63, 3.8) is 0 Å². The van der Waals surface area contributed by atoms with Gasteiger partial charge in [-0.05, 0) is 54.5 Å². The molecule has 3 aromatic rings. The highest BCUT2D eigenvalue weighted by Crippen LogP contribution is 2.35. The number of benzene rings is 1. The maximum absolute atomic E-state index is 13.5. The summed E-state index contributed by atoms with van der Waals surface area (Å²) < 4.78 is 6.68. The Morgan fingerprint density at radius 2 is 1.97 bits per heavy atom. The van der Waals surface area contributed by atoms with E-state index in [0.29, 0.717) is 32.3 Å². The van der Waals surface area contributed by atoms with Gasteiger partial charge in [0.2, 0.25) is 0 Å². The van der Waals surface area contributed by atoms with Gasteiger partial charge in [0.25, 0.3) is 5.91 Å². The zero-order chi connectivity index (χ0) is 21.0. The number of piperidine rings is 1. The van der Waals surface area contributed by atoms with Crippen molar-refractivity contribution in [1.29, 1.82) is 0 Å². The third-order valence-electron chi connectivity index (χ3n) is 6.49. The highest BCUT2D eigenvalue weighted by molar-refractivity contribution is 7.21. The number of rotatable bonds is 5. The predicted octanol–water partition coefficient (Wildman–Crippen LogP) is 4.37. The fraction of sp³-hybridized carbons (Fsp3) is 0.440. The number of pyridine rings is 1. The molecular formula is C25H29N3O2S. The van der Waals surface area contributed by atoms with Gasteiger partial charge in [-0.3, -0.25) is 14.7 Å². The Morgan fingerprint density at radius 3 is 2.81 bits per heavy atom. The third-order valence-corrected chi connectivity index (χ3v) is 7.69. The first kappa shape index (κ1) is 20.6. The first-order chi connectivity index (χ1) is 15.3. The summed E-state index contributed by atoms with van der Waals surface area (Å²) in [7, 11) is 0. The first-order valence-corrected chi connectivity index (χ1v) is 12.1. The average molecular weight is 436 g/mol. The molecule has 31 heavy (non-hydrogen) atoms. The number of likely N-dealkylation sites (tertiary alicyclic amines) is 1. The van der Waals surface area contributed by atoms with E-state index in [2.05, 4.69) is 40.2 Å². The third kappa shape index (κ3) is 4.52. The lowest BCUT2D eigenvalue weighted by atomic mass is 9.93. The molecule has 6 heteroatoms. The van der Waals surface area contributed by atoms with Crippen molar-refractivity contribution in [3.05, 3.63) is 64.8 Å². The van der Waals surface area contributed by atoms with E-state index >= 15 is 0 Å². The number of morpholine rings is 1. The van der Waals surface area contributed by atoms with Crippen LogP contribution in [-0.2, 0) is 17.7 Å². The molecule has 0 saturated carbocycles. The zero-order valence-corrected chi connectivity index (χ0v) is 18.7. The molecule has 162 valence electrons. The lowest BCUT2D eigenvalue weighted by Crippen LogP contribution is -2.42. The fourth-order valence-corrected chi connectivity index (χ4v) is 6.05. The molecule has 1 amide bonds. The molecule has 1 atom stereocenters. The number of carbonyl (C=O) groups excluding carboxylic acids is 1. The van der Waals surface area contributed by atoms with Gasteiger partial charge < -0.3 is 9.64 Å². The van der Waals surface area contributed by atoms with Crippen LogP contribution < -0.4 is 0 Å². The second kappa shape index (κ2) is 9.47. The summed E-state index contributed by atoms with van der Waals surface area (Å²) in [6.07, 6.45) is 8.40. The molecule has 5 nitrogen and oxygen atoms in total. The normalized spacial score (nSPS) is 20.3. The minimum Gasteiger partial charge on any atom is -0.378 e. The summed E-state index contributed by atoms with van der Waals surface area (Å²) >= 11 is 1.66. The lowest BCUT2D eigenvalue weighted by Gasteiger charge is -2.36. The highest BCUT2D eigenvalue weighted by Gasteiger charge is 2.29. The van der Waals surface area contributed by atoms with E-state index in [1.54, 1.807) is 11.3 Å². The molecule has 2 fully saturated rings. The molecule has 1 unspecified atom stereocenters. The molecule has 0 spiro atoms. The number of carbonyl (C=O) groups is 1. The van der Waals surface area contributed by atoms with Gasteiger partial charge in [0.15, 0.2) is 0 Å². The molecule has 0 N–H and O–H groups in total. The molecule has 0 bridgehead atoms. The van der Waals surface area contributed by atoms with Crippen molar-refractivity contribution in [2.24, 2.45) is 0 Å². The summed E-state index contributed by atoms with van der Waals surface area (Å²) in [5.41, 5.74) is 2.49.